The zero-order chi connectivity index (χ0) is 26.2. The van der Waals surface area contributed by atoms with Crippen molar-refractivity contribution in [2.45, 2.75) is 77.7 Å². The molecular weight excluding hydrogens is 486 g/mol. The Balaban J connectivity index is 1.25. The van der Waals surface area contributed by atoms with E-state index in [4.69, 9.17) is 9.94 Å². The summed E-state index contributed by atoms with van der Waals surface area (Å²) in [6.07, 6.45) is 5.13. The number of nitrogens with one attached hydrogen (secondary N) is 3. The summed E-state index contributed by atoms with van der Waals surface area (Å²) in [4.78, 5) is 24.9. The number of fused-ring (bicyclic) bond motifs is 1. The number of carbonyl (C=O) groups is 2. The molecule has 1 fully saturated rings. The molecule has 37 heavy (non-hydrogen) atoms. The van der Waals surface area contributed by atoms with Gasteiger partial charge in [0.15, 0.2) is 0 Å². The number of ether oxygens (including phenoxy) is 1. The van der Waals surface area contributed by atoms with Gasteiger partial charge in [-0.05, 0) is 72.2 Å². The monoisotopic (exact) mass is 523 g/mol. The average molecular weight is 524 g/mol. The van der Waals surface area contributed by atoms with Crippen LogP contribution >= 0.6 is 11.3 Å². The van der Waals surface area contributed by atoms with Crippen LogP contribution in [0.25, 0.3) is 10.1 Å². The molecule has 1 aromatic heterocycles. The van der Waals surface area contributed by atoms with Crippen molar-refractivity contribution in [3.8, 4) is 0 Å². The van der Waals surface area contributed by atoms with E-state index in [2.05, 4.69) is 54.8 Å². The van der Waals surface area contributed by atoms with Crippen molar-refractivity contribution >= 4 is 33.3 Å². The summed E-state index contributed by atoms with van der Waals surface area (Å²) in [5.74, 6) is -0.196. The fourth-order valence-corrected chi connectivity index (χ4v) is 5.72. The molecule has 0 spiro atoms. The molecule has 1 unspecified atom stereocenters. The molecule has 4 N–H and O–H groups in total. The zero-order valence-electron chi connectivity index (χ0n) is 21.6. The highest BCUT2D eigenvalue weighted by molar-refractivity contribution is 7.20. The molecule has 1 heterocycles. The first-order chi connectivity index (χ1) is 17.9. The highest BCUT2D eigenvalue weighted by Crippen LogP contribution is 2.27. The lowest BCUT2D eigenvalue weighted by Gasteiger charge is -2.22. The van der Waals surface area contributed by atoms with E-state index in [-0.39, 0.29) is 18.1 Å². The Bertz CT molecular complexity index is 1190. The summed E-state index contributed by atoms with van der Waals surface area (Å²) < 4.78 is 6.78. The van der Waals surface area contributed by atoms with Crippen LogP contribution in [0.3, 0.4) is 0 Å². The molecule has 4 rings (SSSR count). The van der Waals surface area contributed by atoms with Crippen LogP contribution in [0.15, 0.2) is 48.5 Å². The molecule has 7 nitrogen and oxygen atoms in total. The van der Waals surface area contributed by atoms with Crippen LogP contribution in [0, 0.1) is 5.92 Å². The number of amides is 1. The van der Waals surface area contributed by atoms with E-state index in [1.54, 1.807) is 11.5 Å². The zero-order valence-corrected chi connectivity index (χ0v) is 22.4. The smallest absolute Gasteiger partial charge is 0.323 e. The highest BCUT2D eigenvalue weighted by Gasteiger charge is 2.26. The lowest BCUT2D eigenvalue weighted by Crippen LogP contribution is -2.40. The van der Waals surface area contributed by atoms with Crippen molar-refractivity contribution in [3.63, 3.8) is 0 Å². The number of thiophene rings is 1. The first-order valence-corrected chi connectivity index (χ1v) is 13.9. The van der Waals surface area contributed by atoms with Gasteiger partial charge in [-0.3, -0.25) is 14.8 Å². The van der Waals surface area contributed by atoms with E-state index in [1.807, 2.05) is 12.1 Å². The van der Waals surface area contributed by atoms with Gasteiger partial charge >= 0.3 is 5.97 Å². The standard InChI is InChI=1S/C29H37N3O4S/c1-19(2)13-25(29(34)36-24-5-3-4-6-24)31-18-21-9-7-20(8-10-21)16-30-17-22-11-12-23-15-27(28(33)32-35)37-26(23)14-22/h7-12,14-15,19,24-25,30-31,35H,3-6,13,16-18H2,1-2H3,(H,32,33). The summed E-state index contributed by atoms with van der Waals surface area (Å²) >= 11 is 1.36. The Morgan fingerprint density at radius 2 is 1.62 bits per heavy atom. The van der Waals surface area contributed by atoms with Gasteiger partial charge in [0.1, 0.15) is 12.1 Å². The predicted molar refractivity (Wildman–Crippen MR) is 146 cm³/mol. The Kier molecular flexibility index (Phi) is 9.68. The van der Waals surface area contributed by atoms with Gasteiger partial charge in [0.05, 0.1) is 4.88 Å². The van der Waals surface area contributed by atoms with Gasteiger partial charge in [0, 0.05) is 24.3 Å². The van der Waals surface area contributed by atoms with Gasteiger partial charge in [-0.2, -0.15) is 0 Å². The molecule has 0 bridgehead atoms. The molecule has 0 radical (unpaired) electrons. The molecule has 1 aliphatic rings. The van der Waals surface area contributed by atoms with Crippen LogP contribution < -0.4 is 16.1 Å². The van der Waals surface area contributed by atoms with E-state index in [0.717, 1.165) is 59.9 Å². The molecule has 8 heteroatoms. The van der Waals surface area contributed by atoms with Crippen molar-refractivity contribution in [2.75, 3.05) is 0 Å². The molecule has 1 amide bonds. The number of rotatable bonds is 12. The normalized spacial score (nSPS) is 14.8. The Hall–Kier alpha value is -2.78. The van der Waals surface area contributed by atoms with Crippen LogP contribution in [-0.2, 0) is 29.2 Å². The van der Waals surface area contributed by atoms with E-state index in [1.165, 1.54) is 16.9 Å². The third-order valence-corrected chi connectivity index (χ3v) is 7.82. The summed E-state index contributed by atoms with van der Waals surface area (Å²) in [6.45, 7) is 6.33. The minimum atomic E-state index is -0.487. The quantitative estimate of drug-likeness (QED) is 0.146. The van der Waals surface area contributed by atoms with Crippen LogP contribution in [0.1, 0.15) is 72.3 Å². The fourth-order valence-electron chi connectivity index (χ4n) is 4.71. The first kappa shape index (κ1) is 27.3. The third kappa shape index (κ3) is 7.85. The van der Waals surface area contributed by atoms with Crippen molar-refractivity contribution < 1.29 is 19.5 Å². The minimum Gasteiger partial charge on any atom is -0.461 e. The summed E-state index contributed by atoms with van der Waals surface area (Å²) in [7, 11) is 0. The molecular formula is C29H37N3O4S. The van der Waals surface area contributed by atoms with Crippen molar-refractivity contribution in [1.82, 2.24) is 16.1 Å². The molecule has 3 aromatic rings. The van der Waals surface area contributed by atoms with E-state index < -0.39 is 5.91 Å². The lowest BCUT2D eigenvalue weighted by molar-refractivity contribution is -0.151. The van der Waals surface area contributed by atoms with Crippen molar-refractivity contribution in [3.05, 3.63) is 70.1 Å². The molecule has 0 aliphatic heterocycles. The number of benzene rings is 2. The van der Waals surface area contributed by atoms with Gasteiger partial charge in [0.25, 0.3) is 5.91 Å². The van der Waals surface area contributed by atoms with Gasteiger partial charge in [-0.1, -0.05) is 50.2 Å². The maximum absolute atomic E-state index is 12.7. The van der Waals surface area contributed by atoms with E-state index >= 15 is 0 Å². The van der Waals surface area contributed by atoms with Gasteiger partial charge in [0.2, 0.25) is 0 Å². The number of hydrogen-bond acceptors (Lipinski definition) is 7. The second-order valence-electron chi connectivity index (χ2n) is 10.3. The van der Waals surface area contributed by atoms with Crippen LogP contribution in [0.5, 0.6) is 0 Å². The Labute approximate surface area is 222 Å². The second kappa shape index (κ2) is 13.1. The summed E-state index contributed by atoms with van der Waals surface area (Å²) in [5.41, 5.74) is 5.14. The van der Waals surface area contributed by atoms with Gasteiger partial charge in [-0.25, -0.2) is 5.48 Å². The Morgan fingerprint density at radius 1 is 0.973 bits per heavy atom. The molecule has 198 valence electrons. The fraction of sp³-hybridized carbons (Fsp3) is 0.448. The SMILES string of the molecule is CC(C)CC(NCc1ccc(CNCc2ccc3cc(C(=O)NO)sc3c2)cc1)C(=O)OC1CCCC1. The largest absolute Gasteiger partial charge is 0.461 e. The topological polar surface area (TPSA) is 99.7 Å². The highest BCUT2D eigenvalue weighted by atomic mass is 32.1. The summed E-state index contributed by atoms with van der Waals surface area (Å²) in [6, 6.07) is 16.0. The van der Waals surface area contributed by atoms with E-state index in [9.17, 15) is 9.59 Å². The van der Waals surface area contributed by atoms with Gasteiger partial charge < -0.3 is 15.4 Å². The molecule has 0 saturated heterocycles. The third-order valence-electron chi connectivity index (χ3n) is 6.72. The summed E-state index contributed by atoms with van der Waals surface area (Å²) in [5, 5.41) is 16.7. The number of esters is 1. The lowest BCUT2D eigenvalue weighted by atomic mass is 10.0. The molecule has 2 aromatic carbocycles. The number of hydrogen-bond donors (Lipinski definition) is 4. The predicted octanol–water partition coefficient (Wildman–Crippen LogP) is 5.30. The van der Waals surface area contributed by atoms with E-state index in [0.29, 0.717) is 23.9 Å². The first-order valence-electron chi connectivity index (χ1n) is 13.1. The second-order valence-corrected chi connectivity index (χ2v) is 11.3. The molecule has 1 saturated carbocycles. The minimum absolute atomic E-state index is 0.0909. The van der Waals surface area contributed by atoms with Crippen LogP contribution in [0.2, 0.25) is 0 Å². The number of hydroxylamine groups is 1. The van der Waals surface area contributed by atoms with Crippen molar-refractivity contribution in [2.24, 2.45) is 5.92 Å². The van der Waals surface area contributed by atoms with Crippen LogP contribution in [0.4, 0.5) is 0 Å². The average Bonchev–Trinajstić information content (AvgIpc) is 3.56. The van der Waals surface area contributed by atoms with Crippen molar-refractivity contribution in [1.29, 1.82) is 0 Å². The molecule has 1 aliphatic carbocycles. The van der Waals surface area contributed by atoms with Gasteiger partial charge in [-0.15, -0.1) is 11.3 Å². The maximum atomic E-state index is 12.7. The number of carbonyl (C=O) groups excluding carboxylic acids is 2. The molecule has 1 atom stereocenters. The van der Waals surface area contributed by atoms with Crippen LogP contribution in [-0.4, -0.2) is 29.2 Å². The Morgan fingerprint density at radius 3 is 2.30 bits per heavy atom. The maximum Gasteiger partial charge on any atom is 0.323 e.